The summed E-state index contributed by atoms with van der Waals surface area (Å²) in [5.74, 6) is 0.969. The largest absolute Gasteiger partial charge is 0.497 e. The first kappa shape index (κ1) is 14.7. The van der Waals surface area contributed by atoms with E-state index in [9.17, 15) is 5.11 Å². The van der Waals surface area contributed by atoms with E-state index in [0.29, 0.717) is 0 Å². The minimum Gasteiger partial charge on any atom is -0.497 e. The number of hydrogen-bond donors (Lipinski definition) is 1. The van der Waals surface area contributed by atoms with Crippen LogP contribution in [0.2, 0.25) is 0 Å². The van der Waals surface area contributed by atoms with E-state index in [1.165, 1.54) is 16.6 Å². The van der Waals surface area contributed by atoms with E-state index in [4.69, 9.17) is 4.74 Å². The fraction of sp³-hybridized carbons (Fsp3) is 0.200. The lowest BCUT2D eigenvalue weighted by atomic mass is 10.2. The molecule has 122 valence electrons. The number of ether oxygens (including phenoxy) is 1. The molecule has 0 bridgehead atoms. The standard InChI is InChI=1S/C20H20N2O2/c1-4-15-9-14-10-16(6-8-19(14)21(15)2)22-12-13-5-7-17(24-3)11-18(13)20(22)23/h5-12,23H,4H2,1-3H3. The van der Waals surface area contributed by atoms with Crippen LogP contribution in [-0.2, 0) is 13.5 Å². The van der Waals surface area contributed by atoms with E-state index in [1.54, 1.807) is 7.11 Å². The maximum atomic E-state index is 10.6. The summed E-state index contributed by atoms with van der Waals surface area (Å²) >= 11 is 0. The number of aromatic hydroxyl groups is 1. The van der Waals surface area contributed by atoms with E-state index in [2.05, 4.69) is 36.7 Å². The van der Waals surface area contributed by atoms with Gasteiger partial charge >= 0.3 is 0 Å². The van der Waals surface area contributed by atoms with Gasteiger partial charge in [-0.05, 0) is 48.9 Å². The van der Waals surface area contributed by atoms with Crippen LogP contribution in [0, 0.1) is 0 Å². The zero-order valence-corrected chi connectivity index (χ0v) is 14.1. The third-order valence-corrected chi connectivity index (χ3v) is 4.76. The number of methoxy groups -OCH3 is 1. The fourth-order valence-electron chi connectivity index (χ4n) is 3.38. The summed E-state index contributed by atoms with van der Waals surface area (Å²) in [5, 5.41) is 13.6. The van der Waals surface area contributed by atoms with Crippen LogP contribution in [0.15, 0.2) is 48.7 Å². The Morgan fingerprint density at radius 3 is 2.62 bits per heavy atom. The topological polar surface area (TPSA) is 39.3 Å². The third kappa shape index (κ3) is 2.07. The Kier molecular flexibility index (Phi) is 3.27. The molecule has 0 spiro atoms. The SMILES string of the molecule is CCc1cc2cc(-n3cc4ccc(OC)cc4c3O)ccc2n1C. The number of aromatic nitrogens is 2. The Morgan fingerprint density at radius 1 is 1.04 bits per heavy atom. The molecule has 0 atom stereocenters. The van der Waals surface area contributed by atoms with Crippen LogP contribution < -0.4 is 4.74 Å². The Bertz CT molecular complexity index is 1060. The molecule has 0 unspecified atom stereocenters. The molecule has 4 rings (SSSR count). The summed E-state index contributed by atoms with van der Waals surface area (Å²) in [7, 11) is 3.72. The molecule has 0 aliphatic carbocycles. The zero-order valence-electron chi connectivity index (χ0n) is 14.1. The highest BCUT2D eigenvalue weighted by atomic mass is 16.5. The minimum atomic E-state index is 0.231. The minimum absolute atomic E-state index is 0.231. The van der Waals surface area contributed by atoms with Gasteiger partial charge < -0.3 is 14.4 Å². The molecular formula is C20H20N2O2. The number of fused-ring (bicyclic) bond motifs is 2. The zero-order chi connectivity index (χ0) is 16.8. The van der Waals surface area contributed by atoms with E-state index in [1.807, 2.05) is 35.0 Å². The van der Waals surface area contributed by atoms with Gasteiger partial charge in [-0.3, -0.25) is 4.57 Å². The van der Waals surface area contributed by atoms with Crippen molar-refractivity contribution in [1.82, 2.24) is 9.13 Å². The number of benzene rings is 2. The molecule has 0 saturated heterocycles. The molecule has 4 heteroatoms. The average molecular weight is 320 g/mol. The van der Waals surface area contributed by atoms with Gasteiger partial charge in [-0.15, -0.1) is 0 Å². The van der Waals surface area contributed by atoms with Gasteiger partial charge in [0.15, 0.2) is 0 Å². The van der Waals surface area contributed by atoms with Crippen LogP contribution in [0.1, 0.15) is 12.6 Å². The Hall–Kier alpha value is -2.88. The highest BCUT2D eigenvalue weighted by molar-refractivity contribution is 5.91. The lowest BCUT2D eigenvalue weighted by Crippen LogP contribution is -1.94. The molecule has 2 aromatic heterocycles. The van der Waals surface area contributed by atoms with Crippen molar-refractivity contribution in [3.63, 3.8) is 0 Å². The summed E-state index contributed by atoms with van der Waals surface area (Å²) < 4.78 is 9.29. The van der Waals surface area contributed by atoms with E-state index < -0.39 is 0 Å². The molecular weight excluding hydrogens is 300 g/mol. The lowest BCUT2D eigenvalue weighted by molar-refractivity contribution is 0.414. The first-order chi connectivity index (χ1) is 11.6. The van der Waals surface area contributed by atoms with Crippen LogP contribution in [0.25, 0.3) is 27.4 Å². The Balaban J connectivity index is 1.90. The number of hydrogen-bond acceptors (Lipinski definition) is 2. The quantitative estimate of drug-likeness (QED) is 0.608. The van der Waals surface area contributed by atoms with Crippen molar-refractivity contribution < 1.29 is 9.84 Å². The molecule has 1 N–H and O–H groups in total. The van der Waals surface area contributed by atoms with Gasteiger partial charge in [0.1, 0.15) is 5.75 Å². The van der Waals surface area contributed by atoms with E-state index >= 15 is 0 Å². The van der Waals surface area contributed by atoms with Gasteiger partial charge in [-0.25, -0.2) is 0 Å². The van der Waals surface area contributed by atoms with Gasteiger partial charge in [-0.1, -0.05) is 6.92 Å². The summed E-state index contributed by atoms with van der Waals surface area (Å²) in [6, 6.07) is 14.2. The van der Waals surface area contributed by atoms with Crippen LogP contribution in [-0.4, -0.2) is 21.4 Å². The second-order valence-corrected chi connectivity index (χ2v) is 6.07. The van der Waals surface area contributed by atoms with Gasteiger partial charge in [-0.2, -0.15) is 0 Å². The summed E-state index contributed by atoms with van der Waals surface area (Å²) in [6.07, 6.45) is 2.95. The number of rotatable bonds is 3. The number of nitrogens with zero attached hydrogens (tertiary/aromatic N) is 2. The highest BCUT2D eigenvalue weighted by Crippen LogP contribution is 2.33. The van der Waals surface area contributed by atoms with Crippen molar-refractivity contribution in [2.75, 3.05) is 7.11 Å². The third-order valence-electron chi connectivity index (χ3n) is 4.76. The molecule has 4 nitrogen and oxygen atoms in total. The van der Waals surface area contributed by atoms with E-state index in [0.717, 1.165) is 28.6 Å². The molecule has 4 aromatic rings. The van der Waals surface area contributed by atoms with Crippen molar-refractivity contribution in [3.8, 4) is 17.3 Å². The van der Waals surface area contributed by atoms with Crippen molar-refractivity contribution >= 4 is 21.7 Å². The first-order valence-electron chi connectivity index (χ1n) is 8.09. The molecule has 0 aliphatic rings. The predicted molar refractivity (Wildman–Crippen MR) is 97.3 cm³/mol. The summed E-state index contributed by atoms with van der Waals surface area (Å²) in [6.45, 7) is 2.16. The van der Waals surface area contributed by atoms with Crippen molar-refractivity contribution in [2.45, 2.75) is 13.3 Å². The number of aryl methyl sites for hydroxylation is 2. The molecule has 0 radical (unpaired) electrons. The molecule has 0 saturated carbocycles. The average Bonchev–Trinajstić information content (AvgIpc) is 3.11. The lowest BCUT2D eigenvalue weighted by Gasteiger charge is -2.06. The monoisotopic (exact) mass is 320 g/mol. The van der Waals surface area contributed by atoms with Gasteiger partial charge in [0.2, 0.25) is 5.88 Å². The van der Waals surface area contributed by atoms with Crippen molar-refractivity contribution in [2.24, 2.45) is 7.05 Å². The van der Waals surface area contributed by atoms with Gasteiger partial charge in [0.05, 0.1) is 7.11 Å². The predicted octanol–water partition coefficient (Wildman–Crippen LogP) is 4.40. The summed E-state index contributed by atoms with van der Waals surface area (Å²) in [4.78, 5) is 0. The smallest absolute Gasteiger partial charge is 0.203 e. The maximum absolute atomic E-state index is 10.6. The van der Waals surface area contributed by atoms with Crippen LogP contribution in [0.3, 0.4) is 0 Å². The molecule has 2 aromatic carbocycles. The van der Waals surface area contributed by atoms with E-state index in [-0.39, 0.29) is 5.88 Å². The van der Waals surface area contributed by atoms with Crippen LogP contribution in [0.5, 0.6) is 11.6 Å². The highest BCUT2D eigenvalue weighted by Gasteiger charge is 2.12. The van der Waals surface area contributed by atoms with Gasteiger partial charge in [0, 0.05) is 46.3 Å². The second-order valence-electron chi connectivity index (χ2n) is 6.07. The molecule has 24 heavy (non-hydrogen) atoms. The van der Waals surface area contributed by atoms with Crippen molar-refractivity contribution in [1.29, 1.82) is 0 Å². The molecule has 0 aliphatic heterocycles. The molecule has 0 amide bonds. The van der Waals surface area contributed by atoms with Gasteiger partial charge in [0.25, 0.3) is 0 Å². The van der Waals surface area contributed by atoms with Crippen molar-refractivity contribution in [3.05, 3.63) is 54.4 Å². The first-order valence-corrected chi connectivity index (χ1v) is 8.09. The molecule has 0 fully saturated rings. The fourth-order valence-corrected chi connectivity index (χ4v) is 3.38. The normalized spacial score (nSPS) is 11.5. The van der Waals surface area contributed by atoms with Crippen LogP contribution >= 0.6 is 0 Å². The molecule has 2 heterocycles. The summed E-state index contributed by atoms with van der Waals surface area (Å²) in [5.41, 5.74) is 3.45. The van der Waals surface area contributed by atoms with Crippen LogP contribution in [0.4, 0.5) is 0 Å². The second kappa shape index (κ2) is 5.34. The Labute approximate surface area is 140 Å². The Morgan fingerprint density at radius 2 is 1.88 bits per heavy atom. The maximum Gasteiger partial charge on any atom is 0.203 e.